The summed E-state index contributed by atoms with van der Waals surface area (Å²) in [6.07, 6.45) is 1.23. The van der Waals surface area contributed by atoms with Gasteiger partial charge in [0.1, 0.15) is 22.5 Å². The molecule has 98 valence electrons. The maximum Gasteiger partial charge on any atom is 0.185 e. The van der Waals surface area contributed by atoms with Crippen LogP contribution in [0.2, 0.25) is 0 Å². The van der Waals surface area contributed by atoms with E-state index in [1.807, 2.05) is 24.3 Å². The quantitative estimate of drug-likeness (QED) is 0.583. The number of phenols is 1. The van der Waals surface area contributed by atoms with Crippen molar-refractivity contribution in [1.82, 2.24) is 15.0 Å². The molecule has 1 heterocycles. The SMILES string of the molecule is C=CC(=O)c1ccc(O)c(-n2nc3ccccc3n2)c1. The fourth-order valence-corrected chi connectivity index (χ4v) is 1.92. The maximum atomic E-state index is 11.6. The number of ketones is 1. The summed E-state index contributed by atoms with van der Waals surface area (Å²) < 4.78 is 0. The summed E-state index contributed by atoms with van der Waals surface area (Å²) in [6.45, 7) is 3.45. The average molecular weight is 265 g/mol. The molecular formula is C15H11N3O2. The molecule has 5 heteroatoms. The highest BCUT2D eigenvalue weighted by atomic mass is 16.3. The molecule has 0 spiro atoms. The number of nitrogens with zero attached hydrogens (tertiary/aromatic N) is 3. The first-order valence-corrected chi connectivity index (χ1v) is 6.01. The molecule has 0 radical (unpaired) electrons. The highest BCUT2D eigenvalue weighted by Gasteiger charge is 2.11. The van der Waals surface area contributed by atoms with Crippen molar-refractivity contribution in [3.05, 3.63) is 60.7 Å². The second-order valence-electron chi connectivity index (χ2n) is 4.25. The van der Waals surface area contributed by atoms with E-state index in [0.717, 1.165) is 0 Å². The molecular weight excluding hydrogens is 254 g/mol. The molecule has 0 aliphatic heterocycles. The topological polar surface area (TPSA) is 68.0 Å². The van der Waals surface area contributed by atoms with Gasteiger partial charge < -0.3 is 5.11 Å². The Morgan fingerprint density at radius 2 is 1.80 bits per heavy atom. The molecule has 0 aliphatic carbocycles. The van der Waals surface area contributed by atoms with E-state index in [4.69, 9.17) is 0 Å². The molecule has 3 aromatic rings. The van der Waals surface area contributed by atoms with Crippen molar-refractivity contribution in [2.75, 3.05) is 0 Å². The van der Waals surface area contributed by atoms with Crippen LogP contribution in [0.1, 0.15) is 10.4 Å². The minimum Gasteiger partial charge on any atom is -0.506 e. The Kier molecular flexibility index (Phi) is 2.80. The summed E-state index contributed by atoms with van der Waals surface area (Å²) >= 11 is 0. The lowest BCUT2D eigenvalue weighted by molar-refractivity contribution is 0.104. The van der Waals surface area contributed by atoms with E-state index in [9.17, 15) is 9.90 Å². The summed E-state index contributed by atoms with van der Waals surface area (Å²) in [5.74, 6) is -0.214. The predicted octanol–water partition coefficient (Wildman–Crippen LogP) is 2.49. The zero-order chi connectivity index (χ0) is 14.1. The van der Waals surface area contributed by atoms with E-state index in [1.165, 1.54) is 29.1 Å². The minimum atomic E-state index is -0.219. The van der Waals surface area contributed by atoms with Crippen LogP contribution in [0.3, 0.4) is 0 Å². The van der Waals surface area contributed by atoms with Crippen LogP contribution in [-0.4, -0.2) is 25.9 Å². The normalized spacial score (nSPS) is 10.6. The van der Waals surface area contributed by atoms with Gasteiger partial charge >= 0.3 is 0 Å². The Labute approximate surface area is 114 Å². The van der Waals surface area contributed by atoms with Gasteiger partial charge in [-0.1, -0.05) is 18.7 Å². The standard InChI is InChI=1S/C15H11N3O2/c1-2-14(19)10-7-8-15(20)13(9-10)18-16-11-5-3-4-6-12(11)17-18/h2-9,20H,1H2. The fraction of sp³-hybridized carbons (Fsp3) is 0. The third-order valence-electron chi connectivity index (χ3n) is 2.95. The lowest BCUT2D eigenvalue weighted by Gasteiger charge is -2.04. The van der Waals surface area contributed by atoms with Gasteiger partial charge in [-0.25, -0.2) is 0 Å². The monoisotopic (exact) mass is 265 g/mol. The molecule has 0 bridgehead atoms. The van der Waals surface area contributed by atoms with Crippen LogP contribution in [-0.2, 0) is 0 Å². The van der Waals surface area contributed by atoms with Crippen LogP contribution in [0.25, 0.3) is 16.7 Å². The van der Waals surface area contributed by atoms with Crippen LogP contribution >= 0.6 is 0 Å². The van der Waals surface area contributed by atoms with Crippen molar-refractivity contribution >= 4 is 16.8 Å². The van der Waals surface area contributed by atoms with E-state index in [2.05, 4.69) is 16.8 Å². The summed E-state index contributed by atoms with van der Waals surface area (Å²) in [5.41, 5.74) is 2.21. The molecule has 1 N–H and O–H groups in total. The van der Waals surface area contributed by atoms with Crippen molar-refractivity contribution < 1.29 is 9.90 Å². The Balaban J connectivity index is 2.17. The Hall–Kier alpha value is -2.95. The maximum absolute atomic E-state index is 11.6. The lowest BCUT2D eigenvalue weighted by atomic mass is 10.1. The van der Waals surface area contributed by atoms with Crippen molar-refractivity contribution in [2.45, 2.75) is 0 Å². The number of benzene rings is 2. The van der Waals surface area contributed by atoms with Gasteiger partial charge in [0.25, 0.3) is 0 Å². The number of fused-ring (bicyclic) bond motifs is 1. The first kappa shape index (κ1) is 12.1. The van der Waals surface area contributed by atoms with Crippen LogP contribution in [0.4, 0.5) is 0 Å². The number of aromatic hydroxyl groups is 1. The molecule has 3 rings (SSSR count). The van der Waals surface area contributed by atoms with Gasteiger partial charge in [-0.3, -0.25) is 4.79 Å². The number of hydrogen-bond donors (Lipinski definition) is 1. The summed E-state index contributed by atoms with van der Waals surface area (Å²) in [6, 6.07) is 11.9. The van der Waals surface area contributed by atoms with E-state index in [0.29, 0.717) is 22.3 Å². The minimum absolute atomic E-state index is 0.00548. The molecule has 2 aromatic carbocycles. The largest absolute Gasteiger partial charge is 0.506 e. The van der Waals surface area contributed by atoms with Gasteiger partial charge in [0.05, 0.1) is 0 Å². The number of phenolic OH excluding ortho intramolecular Hbond substituents is 1. The molecule has 0 fully saturated rings. The smallest absolute Gasteiger partial charge is 0.185 e. The second kappa shape index (κ2) is 4.62. The third kappa shape index (κ3) is 1.95. The van der Waals surface area contributed by atoms with Crippen LogP contribution < -0.4 is 0 Å². The molecule has 20 heavy (non-hydrogen) atoms. The summed E-state index contributed by atoms with van der Waals surface area (Å²) in [7, 11) is 0. The van der Waals surface area contributed by atoms with Crippen LogP contribution in [0.5, 0.6) is 5.75 Å². The van der Waals surface area contributed by atoms with Gasteiger partial charge in [0, 0.05) is 5.56 Å². The predicted molar refractivity (Wildman–Crippen MR) is 75.1 cm³/mol. The third-order valence-corrected chi connectivity index (χ3v) is 2.95. The van der Waals surface area contributed by atoms with Crippen molar-refractivity contribution in [1.29, 1.82) is 0 Å². The zero-order valence-electron chi connectivity index (χ0n) is 10.5. The highest BCUT2D eigenvalue weighted by Crippen LogP contribution is 2.23. The van der Waals surface area contributed by atoms with E-state index >= 15 is 0 Å². The van der Waals surface area contributed by atoms with Gasteiger partial charge in [-0.05, 0) is 36.4 Å². The summed E-state index contributed by atoms with van der Waals surface area (Å²) in [5, 5.41) is 18.5. The number of hydrogen-bond acceptors (Lipinski definition) is 4. The van der Waals surface area contributed by atoms with Gasteiger partial charge in [-0.15, -0.1) is 15.0 Å². The molecule has 0 aliphatic rings. The van der Waals surface area contributed by atoms with E-state index < -0.39 is 0 Å². The zero-order valence-corrected chi connectivity index (χ0v) is 10.5. The summed E-state index contributed by atoms with van der Waals surface area (Å²) in [4.78, 5) is 12.9. The van der Waals surface area contributed by atoms with Crippen molar-refractivity contribution in [3.63, 3.8) is 0 Å². The second-order valence-corrected chi connectivity index (χ2v) is 4.25. The Morgan fingerprint density at radius 1 is 1.15 bits per heavy atom. The number of carbonyl (C=O) groups is 1. The first-order valence-electron chi connectivity index (χ1n) is 6.01. The Morgan fingerprint density at radius 3 is 2.40 bits per heavy atom. The lowest BCUT2D eigenvalue weighted by Crippen LogP contribution is -2.02. The Bertz CT molecular complexity index is 788. The van der Waals surface area contributed by atoms with Crippen molar-refractivity contribution in [3.8, 4) is 11.4 Å². The molecule has 0 amide bonds. The molecule has 0 atom stereocenters. The van der Waals surface area contributed by atoms with Crippen LogP contribution in [0, 0.1) is 0 Å². The molecule has 0 unspecified atom stereocenters. The van der Waals surface area contributed by atoms with E-state index in [1.54, 1.807) is 0 Å². The molecule has 5 nitrogen and oxygen atoms in total. The van der Waals surface area contributed by atoms with Gasteiger partial charge in [-0.2, -0.15) is 0 Å². The molecule has 0 saturated heterocycles. The number of aromatic nitrogens is 3. The van der Waals surface area contributed by atoms with E-state index in [-0.39, 0.29) is 11.5 Å². The number of allylic oxidation sites excluding steroid dienone is 1. The van der Waals surface area contributed by atoms with Crippen LogP contribution in [0.15, 0.2) is 55.1 Å². The van der Waals surface area contributed by atoms with Gasteiger partial charge in [0.2, 0.25) is 0 Å². The highest BCUT2D eigenvalue weighted by molar-refractivity contribution is 6.04. The molecule has 1 aromatic heterocycles. The average Bonchev–Trinajstić information content (AvgIpc) is 2.90. The fourth-order valence-electron chi connectivity index (χ4n) is 1.92. The number of rotatable bonds is 3. The van der Waals surface area contributed by atoms with Crippen molar-refractivity contribution in [2.24, 2.45) is 0 Å². The molecule has 0 saturated carbocycles. The first-order chi connectivity index (χ1) is 9.69. The number of carbonyl (C=O) groups excluding carboxylic acids is 1. The van der Waals surface area contributed by atoms with Gasteiger partial charge in [0.15, 0.2) is 5.78 Å².